The lowest BCUT2D eigenvalue weighted by molar-refractivity contribution is 0.228. The van der Waals surface area contributed by atoms with Gasteiger partial charge < -0.3 is 20.4 Å². The van der Waals surface area contributed by atoms with Crippen molar-refractivity contribution in [1.82, 2.24) is 19.9 Å². The minimum Gasteiger partial charge on any atom is -0.508 e. The Balaban J connectivity index is 0.000000196. The summed E-state index contributed by atoms with van der Waals surface area (Å²) in [5.41, 5.74) is 5.29. The maximum atomic E-state index is 8.65. The number of phenols is 4. The fraction of sp³-hybridized carbons (Fsp3) is 0.111. The topological polar surface area (TPSA) is 132 Å². The highest BCUT2D eigenvalue weighted by molar-refractivity contribution is 5.46. The molecule has 1 fully saturated rings. The summed E-state index contributed by atoms with van der Waals surface area (Å²) in [7, 11) is 0. The number of rotatable bonds is 4. The molecule has 4 heterocycles. The van der Waals surface area contributed by atoms with E-state index < -0.39 is 0 Å². The Kier molecular flexibility index (Phi) is 9.74. The predicted octanol–water partition coefficient (Wildman–Crippen LogP) is 6.91. The molecule has 8 heteroatoms. The first-order valence-corrected chi connectivity index (χ1v) is 14.1. The van der Waals surface area contributed by atoms with Gasteiger partial charge in [-0.1, -0.05) is 12.1 Å². The highest BCUT2D eigenvalue weighted by Gasteiger charge is 2.52. The lowest BCUT2D eigenvalue weighted by Crippen LogP contribution is -2.40. The maximum Gasteiger partial charge on any atom is 0.119 e. The second kappa shape index (κ2) is 14.4. The zero-order valence-electron chi connectivity index (χ0n) is 23.7. The third kappa shape index (κ3) is 7.35. The van der Waals surface area contributed by atoms with Gasteiger partial charge in [-0.3, -0.25) is 19.9 Å². The molecule has 1 aliphatic carbocycles. The Morgan fingerprint density at radius 1 is 0.318 bits per heavy atom. The molecule has 7 rings (SSSR count). The molecule has 0 atom stereocenters. The minimum absolute atomic E-state index is 0.0880. The molecule has 6 aromatic rings. The average molecular weight is 585 g/mol. The van der Waals surface area contributed by atoms with Crippen molar-refractivity contribution in [2.24, 2.45) is 0 Å². The smallest absolute Gasteiger partial charge is 0.119 e. The molecule has 0 amide bonds. The second-order valence-corrected chi connectivity index (χ2v) is 10.3. The van der Waals surface area contributed by atoms with Gasteiger partial charge in [0, 0.05) is 61.7 Å². The Bertz CT molecular complexity index is 1470. The first-order chi connectivity index (χ1) is 21.5. The lowest BCUT2D eigenvalue weighted by atomic mass is 9.49. The maximum absolute atomic E-state index is 8.65. The number of hydrogen-bond acceptors (Lipinski definition) is 8. The molecule has 4 N–H and O–H groups in total. The van der Waals surface area contributed by atoms with Crippen LogP contribution >= 0.6 is 0 Å². The Labute approximate surface area is 255 Å². The largest absolute Gasteiger partial charge is 0.508 e. The van der Waals surface area contributed by atoms with E-state index >= 15 is 0 Å². The molecule has 4 aromatic heterocycles. The number of nitrogens with zero attached hydrogens (tertiary/aromatic N) is 4. The summed E-state index contributed by atoms with van der Waals surface area (Å²) in [6.45, 7) is 0. The van der Waals surface area contributed by atoms with Crippen molar-refractivity contribution < 1.29 is 20.4 Å². The van der Waals surface area contributed by atoms with E-state index in [4.69, 9.17) is 20.4 Å². The number of aromatic hydroxyl groups is 4. The van der Waals surface area contributed by atoms with E-state index in [1.807, 2.05) is 49.6 Å². The molecule has 0 radical (unpaired) electrons. The number of hydrogen-bond donors (Lipinski definition) is 4. The van der Waals surface area contributed by atoms with Crippen LogP contribution in [0.25, 0.3) is 0 Å². The van der Waals surface area contributed by atoms with Gasteiger partial charge in [0.15, 0.2) is 0 Å². The van der Waals surface area contributed by atoms with Crippen molar-refractivity contribution in [2.45, 2.75) is 23.7 Å². The van der Waals surface area contributed by atoms with Gasteiger partial charge in [-0.05, 0) is 119 Å². The van der Waals surface area contributed by atoms with Crippen molar-refractivity contribution in [3.05, 3.63) is 169 Å². The van der Waals surface area contributed by atoms with E-state index in [0.717, 1.165) is 0 Å². The van der Waals surface area contributed by atoms with Crippen LogP contribution in [0, 0.1) is 0 Å². The van der Waals surface area contributed by atoms with Crippen LogP contribution in [-0.4, -0.2) is 40.4 Å². The highest BCUT2D eigenvalue weighted by atomic mass is 16.3. The molecule has 0 spiro atoms. The molecule has 0 saturated heterocycles. The van der Waals surface area contributed by atoms with Gasteiger partial charge in [0.25, 0.3) is 0 Å². The van der Waals surface area contributed by atoms with Gasteiger partial charge >= 0.3 is 0 Å². The van der Waals surface area contributed by atoms with E-state index in [1.165, 1.54) is 58.7 Å². The molecule has 8 nitrogen and oxygen atoms in total. The second-order valence-electron chi connectivity index (χ2n) is 10.3. The molecular formula is C36H32N4O4. The standard InChI is InChI=1S/C24H20N4.2C6H6O2/c1-9-25-10-2-17(1)21-22(18-3-11-26-12-4-18)24(20-7-15-28-16-8-20)23(21)19-5-13-27-14-6-19;2*7-5-2-1-3-6(8)4-5/h1-16,21-24H;2*1-4,7-8H. The molecule has 1 saturated carbocycles. The third-order valence-electron chi connectivity index (χ3n) is 7.57. The van der Waals surface area contributed by atoms with Crippen LogP contribution in [-0.2, 0) is 0 Å². The van der Waals surface area contributed by atoms with Crippen molar-refractivity contribution in [3.63, 3.8) is 0 Å². The molecule has 220 valence electrons. The summed E-state index contributed by atoms with van der Waals surface area (Å²) in [5.74, 6) is 1.82. The molecule has 1 aliphatic rings. The fourth-order valence-corrected chi connectivity index (χ4v) is 5.74. The fourth-order valence-electron chi connectivity index (χ4n) is 5.74. The third-order valence-corrected chi connectivity index (χ3v) is 7.57. The minimum atomic E-state index is 0.0880. The normalized spacial score (nSPS) is 18.4. The van der Waals surface area contributed by atoms with Gasteiger partial charge in [-0.25, -0.2) is 0 Å². The van der Waals surface area contributed by atoms with Crippen LogP contribution in [0.15, 0.2) is 147 Å². The Morgan fingerprint density at radius 3 is 0.682 bits per heavy atom. The number of benzene rings is 2. The summed E-state index contributed by atoms with van der Waals surface area (Å²) in [5, 5.41) is 34.6. The van der Waals surface area contributed by atoms with E-state index in [2.05, 4.69) is 68.5 Å². The number of phenolic OH excluding ortho intramolecular Hbond substituents is 4. The highest BCUT2D eigenvalue weighted by Crippen LogP contribution is 2.66. The van der Waals surface area contributed by atoms with Gasteiger partial charge in [0.1, 0.15) is 23.0 Å². The van der Waals surface area contributed by atoms with Crippen molar-refractivity contribution in [3.8, 4) is 23.0 Å². The molecule has 2 aromatic carbocycles. The number of pyridine rings is 4. The first-order valence-electron chi connectivity index (χ1n) is 14.1. The van der Waals surface area contributed by atoms with Crippen molar-refractivity contribution in [2.75, 3.05) is 0 Å². The van der Waals surface area contributed by atoms with E-state index in [-0.39, 0.29) is 23.0 Å². The zero-order valence-corrected chi connectivity index (χ0v) is 23.7. The summed E-state index contributed by atoms with van der Waals surface area (Å²) in [4.78, 5) is 16.9. The molecular weight excluding hydrogens is 552 g/mol. The Morgan fingerprint density at radius 2 is 0.523 bits per heavy atom. The monoisotopic (exact) mass is 584 g/mol. The first kappa shape index (κ1) is 29.7. The van der Waals surface area contributed by atoms with Gasteiger partial charge in [0.05, 0.1) is 0 Å². The van der Waals surface area contributed by atoms with Gasteiger partial charge in [-0.15, -0.1) is 0 Å². The van der Waals surface area contributed by atoms with Crippen LogP contribution in [0.4, 0.5) is 0 Å². The predicted molar refractivity (Wildman–Crippen MR) is 167 cm³/mol. The molecule has 44 heavy (non-hydrogen) atoms. The summed E-state index contributed by atoms with van der Waals surface area (Å²) in [6, 6.07) is 28.9. The SMILES string of the molecule is Oc1cccc(O)c1.Oc1cccc(O)c1.c1cc(C2C(c3ccncc3)C(c3ccncc3)C2c2ccncc2)ccn1. The molecule has 0 aliphatic heterocycles. The van der Waals surface area contributed by atoms with Gasteiger partial charge in [-0.2, -0.15) is 0 Å². The zero-order chi connectivity index (χ0) is 30.7. The lowest BCUT2D eigenvalue weighted by Gasteiger charge is -2.53. The molecule has 0 bridgehead atoms. The quantitative estimate of drug-likeness (QED) is 0.176. The van der Waals surface area contributed by atoms with Crippen LogP contribution in [0.5, 0.6) is 23.0 Å². The van der Waals surface area contributed by atoms with Crippen LogP contribution in [0.2, 0.25) is 0 Å². The summed E-state index contributed by atoms with van der Waals surface area (Å²) < 4.78 is 0. The van der Waals surface area contributed by atoms with Crippen molar-refractivity contribution in [1.29, 1.82) is 0 Å². The van der Waals surface area contributed by atoms with E-state index in [9.17, 15) is 0 Å². The number of aromatic nitrogens is 4. The summed E-state index contributed by atoms with van der Waals surface area (Å²) in [6.07, 6.45) is 15.1. The molecule has 0 unspecified atom stereocenters. The Hall–Kier alpha value is -5.76. The average Bonchev–Trinajstić information content (AvgIpc) is 3.03. The van der Waals surface area contributed by atoms with E-state index in [0.29, 0.717) is 23.7 Å². The summed E-state index contributed by atoms with van der Waals surface area (Å²) >= 11 is 0. The van der Waals surface area contributed by atoms with Crippen LogP contribution < -0.4 is 0 Å². The van der Waals surface area contributed by atoms with Crippen LogP contribution in [0.1, 0.15) is 45.9 Å². The van der Waals surface area contributed by atoms with E-state index in [1.54, 1.807) is 12.1 Å². The van der Waals surface area contributed by atoms with Gasteiger partial charge in [0.2, 0.25) is 0 Å². The van der Waals surface area contributed by atoms with Crippen molar-refractivity contribution >= 4 is 0 Å². The van der Waals surface area contributed by atoms with Crippen LogP contribution in [0.3, 0.4) is 0 Å².